The maximum atomic E-state index is 12.2. The highest BCUT2D eigenvalue weighted by Gasteiger charge is 2.27. The molecule has 1 amide bonds. The molecular weight excluding hydrogens is 286 g/mol. The van der Waals surface area contributed by atoms with E-state index in [1.807, 2.05) is 12.3 Å². The van der Waals surface area contributed by atoms with Crippen LogP contribution < -0.4 is 10.2 Å². The van der Waals surface area contributed by atoms with Gasteiger partial charge in [-0.1, -0.05) is 31.5 Å². The van der Waals surface area contributed by atoms with Crippen LogP contribution >= 0.6 is 0 Å². The second-order valence-corrected chi connectivity index (χ2v) is 6.09. The van der Waals surface area contributed by atoms with E-state index in [9.17, 15) is 4.79 Å². The van der Waals surface area contributed by atoms with E-state index in [4.69, 9.17) is 0 Å². The van der Waals surface area contributed by atoms with Gasteiger partial charge in [-0.25, -0.2) is 0 Å². The predicted molar refractivity (Wildman–Crippen MR) is 93.2 cm³/mol. The molecule has 2 aromatic rings. The van der Waals surface area contributed by atoms with Crippen LogP contribution in [0.15, 0.2) is 42.7 Å². The number of amides is 1. The minimum absolute atomic E-state index is 0.0482. The molecule has 1 aliphatic rings. The molecule has 1 aliphatic heterocycles. The van der Waals surface area contributed by atoms with Gasteiger partial charge < -0.3 is 10.2 Å². The molecule has 4 heteroatoms. The standard InChI is InChI=1S/C19H23N3O/c1-3-4-9-21-19(23)16-11-17(13-20-12-16)22-14(2)10-15-7-5-6-8-18(15)22/h5-8,11-14H,3-4,9-10H2,1-2H3,(H,21,23). The number of aromatic nitrogens is 1. The molecule has 0 saturated heterocycles. The SMILES string of the molecule is CCCCNC(=O)c1cncc(N2c3ccccc3CC2C)c1. The predicted octanol–water partition coefficient (Wildman–Crippen LogP) is 3.69. The number of carbonyl (C=O) groups excluding carboxylic acids is 1. The van der Waals surface area contributed by atoms with Gasteiger partial charge in [0.05, 0.1) is 17.4 Å². The number of unbranched alkanes of at least 4 members (excludes halogenated alkanes) is 1. The molecule has 0 spiro atoms. The number of pyridine rings is 1. The normalized spacial score (nSPS) is 16.3. The topological polar surface area (TPSA) is 45.2 Å². The number of nitrogens with zero attached hydrogens (tertiary/aromatic N) is 2. The van der Waals surface area contributed by atoms with Crippen molar-refractivity contribution in [3.8, 4) is 0 Å². The van der Waals surface area contributed by atoms with Gasteiger partial charge in [-0.05, 0) is 37.5 Å². The third-order valence-electron chi connectivity index (χ3n) is 4.29. The third kappa shape index (κ3) is 3.21. The van der Waals surface area contributed by atoms with E-state index >= 15 is 0 Å². The average Bonchev–Trinajstić information content (AvgIpc) is 2.91. The van der Waals surface area contributed by atoms with Gasteiger partial charge in [0.2, 0.25) is 0 Å². The summed E-state index contributed by atoms with van der Waals surface area (Å²) >= 11 is 0. The molecule has 0 radical (unpaired) electrons. The van der Waals surface area contributed by atoms with Gasteiger partial charge in [0.25, 0.3) is 5.91 Å². The van der Waals surface area contributed by atoms with Gasteiger partial charge in [0.1, 0.15) is 0 Å². The van der Waals surface area contributed by atoms with Crippen molar-refractivity contribution in [3.05, 3.63) is 53.9 Å². The number of rotatable bonds is 5. The molecule has 0 bridgehead atoms. The first kappa shape index (κ1) is 15.5. The summed E-state index contributed by atoms with van der Waals surface area (Å²) in [5, 5.41) is 2.95. The maximum Gasteiger partial charge on any atom is 0.252 e. The van der Waals surface area contributed by atoms with Crippen molar-refractivity contribution in [2.75, 3.05) is 11.4 Å². The molecule has 0 fully saturated rings. The van der Waals surface area contributed by atoms with E-state index in [1.54, 1.807) is 6.20 Å². The Kier molecular flexibility index (Phi) is 4.60. The van der Waals surface area contributed by atoms with Crippen LogP contribution in [-0.4, -0.2) is 23.5 Å². The van der Waals surface area contributed by atoms with Crippen molar-refractivity contribution in [1.82, 2.24) is 10.3 Å². The second-order valence-electron chi connectivity index (χ2n) is 6.09. The number of carbonyl (C=O) groups is 1. The van der Waals surface area contributed by atoms with Crippen LogP contribution in [0, 0.1) is 0 Å². The molecule has 1 unspecified atom stereocenters. The van der Waals surface area contributed by atoms with Gasteiger partial charge in [0.15, 0.2) is 0 Å². The average molecular weight is 309 g/mol. The lowest BCUT2D eigenvalue weighted by Gasteiger charge is -2.25. The zero-order chi connectivity index (χ0) is 16.2. The number of hydrogen-bond acceptors (Lipinski definition) is 3. The Morgan fingerprint density at radius 2 is 2.17 bits per heavy atom. The molecule has 0 aliphatic carbocycles. The first-order chi connectivity index (χ1) is 11.2. The zero-order valence-corrected chi connectivity index (χ0v) is 13.7. The highest BCUT2D eigenvalue weighted by molar-refractivity contribution is 5.95. The molecule has 23 heavy (non-hydrogen) atoms. The Morgan fingerprint density at radius 1 is 1.35 bits per heavy atom. The van der Waals surface area contributed by atoms with E-state index in [2.05, 4.69) is 53.3 Å². The van der Waals surface area contributed by atoms with Gasteiger partial charge in [0, 0.05) is 24.5 Å². The Balaban J connectivity index is 1.84. The van der Waals surface area contributed by atoms with E-state index in [1.165, 1.54) is 11.3 Å². The molecule has 1 aromatic carbocycles. The summed E-state index contributed by atoms with van der Waals surface area (Å²) in [6.07, 6.45) is 6.55. The number of anilines is 2. The lowest BCUT2D eigenvalue weighted by Crippen LogP contribution is -2.26. The van der Waals surface area contributed by atoms with Crippen molar-refractivity contribution < 1.29 is 4.79 Å². The van der Waals surface area contributed by atoms with Crippen LogP contribution in [-0.2, 0) is 6.42 Å². The summed E-state index contributed by atoms with van der Waals surface area (Å²) < 4.78 is 0. The van der Waals surface area contributed by atoms with Crippen molar-refractivity contribution in [3.63, 3.8) is 0 Å². The third-order valence-corrected chi connectivity index (χ3v) is 4.29. The highest BCUT2D eigenvalue weighted by Crippen LogP contribution is 2.37. The molecule has 1 atom stereocenters. The minimum atomic E-state index is -0.0482. The van der Waals surface area contributed by atoms with Crippen LogP contribution in [0.3, 0.4) is 0 Å². The fourth-order valence-corrected chi connectivity index (χ4v) is 3.12. The van der Waals surface area contributed by atoms with E-state index in [-0.39, 0.29) is 5.91 Å². The summed E-state index contributed by atoms with van der Waals surface area (Å²) in [7, 11) is 0. The summed E-state index contributed by atoms with van der Waals surface area (Å²) in [6.45, 7) is 5.02. The summed E-state index contributed by atoms with van der Waals surface area (Å²) in [4.78, 5) is 18.8. The number of hydrogen-bond donors (Lipinski definition) is 1. The van der Waals surface area contributed by atoms with Crippen molar-refractivity contribution in [2.45, 2.75) is 39.2 Å². The first-order valence-electron chi connectivity index (χ1n) is 8.31. The Bertz CT molecular complexity index is 699. The molecule has 120 valence electrons. The van der Waals surface area contributed by atoms with Crippen molar-refractivity contribution in [2.24, 2.45) is 0 Å². The highest BCUT2D eigenvalue weighted by atomic mass is 16.1. The van der Waals surface area contributed by atoms with Crippen LogP contribution in [0.25, 0.3) is 0 Å². The summed E-state index contributed by atoms with van der Waals surface area (Å²) in [5.74, 6) is -0.0482. The maximum absolute atomic E-state index is 12.2. The molecule has 1 N–H and O–H groups in total. The largest absolute Gasteiger partial charge is 0.352 e. The Labute approximate surface area is 137 Å². The quantitative estimate of drug-likeness (QED) is 0.857. The van der Waals surface area contributed by atoms with Crippen molar-refractivity contribution in [1.29, 1.82) is 0 Å². The number of para-hydroxylation sites is 1. The van der Waals surface area contributed by atoms with Crippen LogP contribution in [0.1, 0.15) is 42.6 Å². The minimum Gasteiger partial charge on any atom is -0.352 e. The molecular formula is C19H23N3O. The first-order valence-corrected chi connectivity index (χ1v) is 8.31. The number of benzene rings is 1. The number of fused-ring (bicyclic) bond motifs is 1. The van der Waals surface area contributed by atoms with E-state index in [0.717, 1.165) is 24.9 Å². The lowest BCUT2D eigenvalue weighted by molar-refractivity contribution is 0.0953. The molecule has 2 heterocycles. The Hall–Kier alpha value is -2.36. The van der Waals surface area contributed by atoms with Crippen LogP contribution in [0.4, 0.5) is 11.4 Å². The fourth-order valence-electron chi connectivity index (χ4n) is 3.12. The number of nitrogens with one attached hydrogen (secondary N) is 1. The van der Waals surface area contributed by atoms with Crippen molar-refractivity contribution >= 4 is 17.3 Å². The molecule has 4 nitrogen and oxygen atoms in total. The summed E-state index contributed by atoms with van der Waals surface area (Å²) in [6, 6.07) is 10.7. The van der Waals surface area contributed by atoms with Gasteiger partial charge in [-0.15, -0.1) is 0 Å². The van der Waals surface area contributed by atoms with Crippen LogP contribution in [0.5, 0.6) is 0 Å². The van der Waals surface area contributed by atoms with Crippen LogP contribution in [0.2, 0.25) is 0 Å². The van der Waals surface area contributed by atoms with E-state index < -0.39 is 0 Å². The Morgan fingerprint density at radius 3 is 3.00 bits per heavy atom. The fraction of sp³-hybridized carbons (Fsp3) is 0.368. The van der Waals surface area contributed by atoms with E-state index in [0.29, 0.717) is 18.2 Å². The molecule has 3 rings (SSSR count). The molecule has 0 saturated carbocycles. The van der Waals surface area contributed by atoms with Gasteiger partial charge >= 0.3 is 0 Å². The smallest absolute Gasteiger partial charge is 0.252 e. The van der Waals surface area contributed by atoms with Gasteiger partial charge in [-0.3, -0.25) is 9.78 Å². The molecule has 1 aromatic heterocycles. The summed E-state index contributed by atoms with van der Waals surface area (Å²) in [5.41, 5.74) is 4.16. The lowest BCUT2D eigenvalue weighted by atomic mass is 10.1. The zero-order valence-electron chi connectivity index (χ0n) is 13.7. The monoisotopic (exact) mass is 309 g/mol. The van der Waals surface area contributed by atoms with Gasteiger partial charge in [-0.2, -0.15) is 0 Å². The second kappa shape index (κ2) is 6.82.